The maximum absolute atomic E-state index is 11.4. The summed E-state index contributed by atoms with van der Waals surface area (Å²) in [4.78, 5) is 7.37. The molecule has 1 aromatic carbocycles. The quantitative estimate of drug-likeness (QED) is 0.727. The Bertz CT molecular complexity index is 588. The van der Waals surface area contributed by atoms with Crippen LogP contribution in [0.4, 0.5) is 5.95 Å². The molecule has 3 N–H and O–H groups in total. The third-order valence-electron chi connectivity index (χ3n) is 2.42. The van der Waals surface area contributed by atoms with Crippen LogP contribution in [0.25, 0.3) is 11.0 Å². The van der Waals surface area contributed by atoms with Crippen LogP contribution in [-0.4, -0.2) is 37.2 Å². The predicted molar refractivity (Wildman–Crippen MR) is 72.0 cm³/mol. The van der Waals surface area contributed by atoms with Crippen LogP contribution in [0.3, 0.4) is 0 Å². The first-order valence-corrected chi connectivity index (χ1v) is 7.42. The summed E-state index contributed by atoms with van der Waals surface area (Å²) in [6.45, 7) is 2.48. The first-order valence-electron chi connectivity index (χ1n) is 5.76. The van der Waals surface area contributed by atoms with E-state index in [9.17, 15) is 8.42 Å². The average Bonchev–Trinajstić information content (AvgIpc) is 2.71. The van der Waals surface area contributed by atoms with Crippen molar-refractivity contribution in [3.63, 3.8) is 0 Å². The Labute approximate surface area is 106 Å². The number of nitrogens with zero attached hydrogens (tertiary/aromatic N) is 1. The number of aromatic amines is 1. The van der Waals surface area contributed by atoms with E-state index in [0.29, 0.717) is 19.0 Å². The molecule has 2 aromatic rings. The van der Waals surface area contributed by atoms with Gasteiger partial charge in [0.05, 0.1) is 16.8 Å². The van der Waals surface area contributed by atoms with E-state index < -0.39 is 10.0 Å². The molecule has 1 heterocycles. The summed E-state index contributed by atoms with van der Waals surface area (Å²) in [6, 6.07) is 7.64. The minimum atomic E-state index is -3.19. The third-order valence-corrected chi connectivity index (χ3v) is 3.89. The maximum atomic E-state index is 11.4. The molecule has 2 rings (SSSR count). The zero-order valence-corrected chi connectivity index (χ0v) is 10.9. The minimum absolute atomic E-state index is 0.0257. The fourth-order valence-electron chi connectivity index (χ4n) is 1.63. The Kier molecular flexibility index (Phi) is 3.83. The highest BCUT2D eigenvalue weighted by Gasteiger charge is 2.08. The molecule has 0 unspecified atom stereocenters. The molecule has 0 bridgehead atoms. The van der Waals surface area contributed by atoms with Gasteiger partial charge < -0.3 is 10.3 Å². The Morgan fingerprint density at radius 2 is 2.11 bits per heavy atom. The maximum Gasteiger partial charge on any atom is 0.213 e. The lowest BCUT2D eigenvalue weighted by atomic mass is 10.3. The summed E-state index contributed by atoms with van der Waals surface area (Å²) in [6.07, 6.45) is 0. The Balaban J connectivity index is 1.94. The number of rotatable bonds is 6. The largest absolute Gasteiger partial charge is 0.355 e. The smallest absolute Gasteiger partial charge is 0.213 e. The fourth-order valence-corrected chi connectivity index (χ4v) is 2.59. The van der Waals surface area contributed by atoms with Crippen molar-refractivity contribution >= 4 is 27.0 Å². The van der Waals surface area contributed by atoms with Crippen molar-refractivity contribution in [1.29, 1.82) is 0 Å². The molecule has 7 heteroatoms. The summed E-state index contributed by atoms with van der Waals surface area (Å²) in [5.74, 6) is 0.612. The molecule has 0 aliphatic heterocycles. The number of para-hydroxylation sites is 2. The lowest BCUT2D eigenvalue weighted by molar-refractivity contribution is 0.584. The Morgan fingerprint density at radius 1 is 1.33 bits per heavy atom. The van der Waals surface area contributed by atoms with Crippen molar-refractivity contribution in [1.82, 2.24) is 14.7 Å². The van der Waals surface area contributed by atoms with Gasteiger partial charge in [-0.25, -0.2) is 18.1 Å². The van der Waals surface area contributed by atoms with Gasteiger partial charge in [-0.3, -0.25) is 0 Å². The van der Waals surface area contributed by atoms with E-state index in [1.807, 2.05) is 24.3 Å². The van der Waals surface area contributed by atoms with Crippen LogP contribution in [0.2, 0.25) is 0 Å². The van der Waals surface area contributed by atoms with Crippen LogP contribution >= 0.6 is 0 Å². The van der Waals surface area contributed by atoms with Gasteiger partial charge in [0.2, 0.25) is 16.0 Å². The lowest BCUT2D eigenvalue weighted by Crippen LogP contribution is -2.29. The van der Waals surface area contributed by atoms with Gasteiger partial charge in [-0.05, 0) is 12.1 Å². The molecule has 0 aliphatic carbocycles. The molecule has 0 atom stereocenters. The highest BCUT2D eigenvalue weighted by molar-refractivity contribution is 7.89. The van der Waals surface area contributed by atoms with Gasteiger partial charge in [0.1, 0.15) is 0 Å². The monoisotopic (exact) mass is 268 g/mol. The van der Waals surface area contributed by atoms with Crippen LogP contribution in [0.15, 0.2) is 24.3 Å². The molecule has 98 valence electrons. The normalized spacial score (nSPS) is 11.8. The molecule has 0 aliphatic rings. The van der Waals surface area contributed by atoms with Crippen molar-refractivity contribution in [3.8, 4) is 0 Å². The highest BCUT2D eigenvalue weighted by atomic mass is 32.2. The second-order valence-electron chi connectivity index (χ2n) is 3.85. The average molecular weight is 268 g/mol. The molecular formula is C11H16N4O2S. The van der Waals surface area contributed by atoms with Crippen LogP contribution in [0.1, 0.15) is 6.92 Å². The van der Waals surface area contributed by atoms with Crippen LogP contribution in [0.5, 0.6) is 0 Å². The van der Waals surface area contributed by atoms with E-state index in [1.165, 1.54) is 0 Å². The van der Waals surface area contributed by atoms with Crippen molar-refractivity contribution in [2.24, 2.45) is 0 Å². The number of imidazole rings is 1. The number of anilines is 1. The van der Waals surface area contributed by atoms with E-state index in [-0.39, 0.29) is 5.75 Å². The van der Waals surface area contributed by atoms with E-state index in [4.69, 9.17) is 0 Å². The van der Waals surface area contributed by atoms with Crippen LogP contribution in [0, 0.1) is 0 Å². The summed E-state index contributed by atoms with van der Waals surface area (Å²) < 4.78 is 25.3. The number of H-pyrrole nitrogens is 1. The molecule has 0 saturated carbocycles. The summed E-state index contributed by atoms with van der Waals surface area (Å²) in [5, 5.41) is 2.96. The number of aromatic nitrogens is 2. The molecule has 0 radical (unpaired) electrons. The zero-order valence-electron chi connectivity index (χ0n) is 10.1. The van der Waals surface area contributed by atoms with Gasteiger partial charge in [0, 0.05) is 13.1 Å². The first kappa shape index (κ1) is 12.8. The van der Waals surface area contributed by atoms with Gasteiger partial charge in [-0.15, -0.1) is 0 Å². The first-order chi connectivity index (χ1) is 8.61. The molecule has 0 amide bonds. The minimum Gasteiger partial charge on any atom is -0.355 e. The lowest BCUT2D eigenvalue weighted by Gasteiger charge is -2.04. The molecular weight excluding hydrogens is 252 g/mol. The molecule has 6 nitrogen and oxygen atoms in total. The second kappa shape index (κ2) is 5.36. The van der Waals surface area contributed by atoms with E-state index in [0.717, 1.165) is 11.0 Å². The molecule has 1 aromatic heterocycles. The van der Waals surface area contributed by atoms with Crippen LogP contribution < -0.4 is 10.0 Å². The van der Waals surface area contributed by atoms with Crippen LogP contribution in [-0.2, 0) is 10.0 Å². The second-order valence-corrected chi connectivity index (χ2v) is 5.77. The molecule has 0 saturated heterocycles. The van der Waals surface area contributed by atoms with E-state index in [1.54, 1.807) is 6.92 Å². The van der Waals surface area contributed by atoms with Gasteiger partial charge >= 0.3 is 0 Å². The third kappa shape index (κ3) is 3.21. The Morgan fingerprint density at radius 3 is 2.83 bits per heavy atom. The number of hydrogen-bond donors (Lipinski definition) is 3. The number of fused-ring (bicyclic) bond motifs is 1. The van der Waals surface area contributed by atoms with Gasteiger partial charge in [-0.1, -0.05) is 19.1 Å². The molecule has 0 fully saturated rings. The van der Waals surface area contributed by atoms with E-state index >= 15 is 0 Å². The highest BCUT2D eigenvalue weighted by Crippen LogP contribution is 2.12. The van der Waals surface area contributed by atoms with Crippen molar-refractivity contribution in [3.05, 3.63) is 24.3 Å². The predicted octanol–water partition coefficient (Wildman–Crippen LogP) is 0.914. The van der Waals surface area contributed by atoms with Gasteiger partial charge in [-0.2, -0.15) is 0 Å². The van der Waals surface area contributed by atoms with Gasteiger partial charge in [0.25, 0.3) is 0 Å². The van der Waals surface area contributed by atoms with E-state index in [2.05, 4.69) is 20.0 Å². The SMILES string of the molecule is CCNS(=O)(=O)CCNc1nc2ccccc2[nH]1. The summed E-state index contributed by atoms with van der Waals surface area (Å²) >= 11 is 0. The van der Waals surface area contributed by atoms with Crippen molar-refractivity contribution in [2.75, 3.05) is 24.2 Å². The number of benzene rings is 1. The van der Waals surface area contributed by atoms with Crippen molar-refractivity contribution in [2.45, 2.75) is 6.92 Å². The number of sulfonamides is 1. The van der Waals surface area contributed by atoms with Crippen molar-refractivity contribution < 1.29 is 8.42 Å². The van der Waals surface area contributed by atoms with Gasteiger partial charge in [0.15, 0.2) is 0 Å². The number of hydrogen-bond acceptors (Lipinski definition) is 4. The molecule has 0 spiro atoms. The number of nitrogens with one attached hydrogen (secondary N) is 3. The standard InChI is InChI=1S/C11H16N4O2S/c1-2-13-18(16,17)8-7-12-11-14-9-5-3-4-6-10(9)15-11/h3-6,13H,2,7-8H2,1H3,(H2,12,14,15). The topological polar surface area (TPSA) is 86.9 Å². The fraction of sp³-hybridized carbons (Fsp3) is 0.364. The molecule has 18 heavy (non-hydrogen) atoms. The Hall–Kier alpha value is -1.60. The summed E-state index contributed by atoms with van der Waals surface area (Å²) in [7, 11) is -3.19. The summed E-state index contributed by atoms with van der Waals surface area (Å²) in [5.41, 5.74) is 1.78. The zero-order chi connectivity index (χ0) is 13.0.